The highest BCUT2D eigenvalue weighted by Crippen LogP contribution is 2.51. The third-order valence-corrected chi connectivity index (χ3v) is 7.62. The van der Waals surface area contributed by atoms with Crippen LogP contribution in [0, 0.1) is 12.3 Å². The first kappa shape index (κ1) is 17.9. The fraction of sp³-hybridized carbons (Fsp3) is 0.444. The molecule has 2 aliphatic rings. The van der Waals surface area contributed by atoms with Crippen molar-refractivity contribution < 1.29 is 0 Å². The van der Waals surface area contributed by atoms with E-state index in [1.807, 2.05) is 6.20 Å². The molecule has 0 atom stereocenters. The molecule has 144 valence electrons. The van der Waals surface area contributed by atoms with Gasteiger partial charge in [0.15, 0.2) is 0 Å². The molecular weight excluding hydrogens is 338 g/mol. The van der Waals surface area contributed by atoms with Gasteiger partial charge in [0.2, 0.25) is 0 Å². The highest BCUT2D eigenvalue weighted by molar-refractivity contribution is 5.95. The first-order chi connectivity index (χ1) is 13.7. The van der Waals surface area contributed by atoms with E-state index in [2.05, 4.69) is 55.5 Å². The predicted octanol–water partition coefficient (Wildman–Crippen LogP) is 7.82. The minimum absolute atomic E-state index is 0.702. The molecule has 1 heteroatoms. The number of pyridine rings is 1. The molecule has 1 heterocycles. The lowest BCUT2D eigenvalue weighted by atomic mass is 9.62. The molecule has 1 aromatic heterocycles. The van der Waals surface area contributed by atoms with Crippen molar-refractivity contribution in [2.24, 2.45) is 5.41 Å². The summed E-state index contributed by atoms with van der Waals surface area (Å²) in [6, 6.07) is 17.9. The lowest BCUT2D eigenvalue weighted by molar-refractivity contribution is 0.114. The molecule has 0 unspecified atom stereocenters. The summed E-state index contributed by atoms with van der Waals surface area (Å²) in [5, 5.41) is 2.61. The Balaban J connectivity index is 1.43. The van der Waals surface area contributed by atoms with Gasteiger partial charge in [-0.1, -0.05) is 61.7 Å². The second kappa shape index (κ2) is 7.35. The maximum absolute atomic E-state index is 4.74. The van der Waals surface area contributed by atoms with Crippen molar-refractivity contribution in [3.8, 4) is 11.3 Å². The molecular formula is C27H31N. The predicted molar refractivity (Wildman–Crippen MR) is 119 cm³/mol. The van der Waals surface area contributed by atoms with Gasteiger partial charge in [-0.3, -0.25) is 4.98 Å². The van der Waals surface area contributed by atoms with Crippen LogP contribution in [0.25, 0.3) is 22.0 Å². The summed E-state index contributed by atoms with van der Waals surface area (Å²) in [5.41, 5.74) is 5.90. The van der Waals surface area contributed by atoms with Crippen molar-refractivity contribution in [3.05, 3.63) is 65.9 Å². The SMILES string of the molecule is Cc1ccccc1-c1nccc2cc(C3CCC4(CCCCC4)CC3)ccc12. The summed E-state index contributed by atoms with van der Waals surface area (Å²) in [6.45, 7) is 2.17. The number of hydrogen-bond acceptors (Lipinski definition) is 1. The molecule has 28 heavy (non-hydrogen) atoms. The molecule has 2 saturated carbocycles. The van der Waals surface area contributed by atoms with E-state index < -0.39 is 0 Å². The van der Waals surface area contributed by atoms with Crippen LogP contribution in [-0.4, -0.2) is 4.98 Å². The van der Waals surface area contributed by atoms with E-state index in [1.54, 1.807) is 5.56 Å². The fourth-order valence-electron chi connectivity index (χ4n) is 5.87. The van der Waals surface area contributed by atoms with Crippen LogP contribution in [-0.2, 0) is 0 Å². The minimum atomic E-state index is 0.702. The van der Waals surface area contributed by atoms with Crippen LogP contribution in [0.1, 0.15) is 74.8 Å². The quantitative estimate of drug-likeness (QED) is 0.448. The number of nitrogens with zero attached hydrogens (tertiary/aromatic N) is 1. The highest BCUT2D eigenvalue weighted by Gasteiger charge is 2.36. The normalized spacial score (nSPS) is 19.9. The second-order valence-electron chi connectivity index (χ2n) is 9.29. The van der Waals surface area contributed by atoms with Crippen LogP contribution in [0.2, 0.25) is 0 Å². The van der Waals surface area contributed by atoms with Gasteiger partial charge in [0.1, 0.15) is 0 Å². The van der Waals surface area contributed by atoms with Gasteiger partial charge in [0.25, 0.3) is 0 Å². The summed E-state index contributed by atoms with van der Waals surface area (Å²) < 4.78 is 0. The van der Waals surface area contributed by atoms with Crippen molar-refractivity contribution in [1.82, 2.24) is 4.98 Å². The lowest BCUT2D eigenvalue weighted by Gasteiger charge is -2.43. The zero-order valence-corrected chi connectivity index (χ0v) is 17.1. The number of aryl methyl sites for hydroxylation is 1. The Morgan fingerprint density at radius 2 is 1.64 bits per heavy atom. The van der Waals surface area contributed by atoms with E-state index in [4.69, 9.17) is 4.98 Å². The molecule has 3 aromatic rings. The molecule has 0 radical (unpaired) electrons. The van der Waals surface area contributed by atoms with Crippen LogP contribution in [0.5, 0.6) is 0 Å². The zero-order chi connectivity index (χ0) is 19.0. The van der Waals surface area contributed by atoms with Gasteiger partial charge in [-0.2, -0.15) is 0 Å². The summed E-state index contributed by atoms with van der Waals surface area (Å²) in [5.74, 6) is 0.743. The molecule has 0 saturated heterocycles. The Bertz CT molecular complexity index is 970. The molecule has 1 nitrogen and oxygen atoms in total. The van der Waals surface area contributed by atoms with Crippen molar-refractivity contribution >= 4 is 10.8 Å². The third kappa shape index (κ3) is 3.26. The molecule has 1 spiro atoms. The van der Waals surface area contributed by atoms with Crippen LogP contribution in [0.15, 0.2) is 54.7 Å². The number of rotatable bonds is 2. The first-order valence-corrected chi connectivity index (χ1v) is 11.2. The van der Waals surface area contributed by atoms with Crippen LogP contribution < -0.4 is 0 Å². The molecule has 0 aliphatic heterocycles. The van der Waals surface area contributed by atoms with Crippen molar-refractivity contribution in [1.29, 1.82) is 0 Å². The maximum atomic E-state index is 4.74. The molecule has 2 aliphatic carbocycles. The van der Waals surface area contributed by atoms with Gasteiger partial charge in [0.05, 0.1) is 5.69 Å². The Hall–Kier alpha value is -2.15. The number of fused-ring (bicyclic) bond motifs is 1. The minimum Gasteiger partial charge on any atom is -0.256 e. The molecule has 2 fully saturated rings. The number of benzene rings is 2. The summed E-state index contributed by atoms with van der Waals surface area (Å²) in [7, 11) is 0. The second-order valence-corrected chi connectivity index (χ2v) is 9.29. The topological polar surface area (TPSA) is 12.9 Å². The monoisotopic (exact) mass is 369 g/mol. The average Bonchev–Trinajstić information content (AvgIpc) is 2.75. The Morgan fingerprint density at radius 1 is 0.857 bits per heavy atom. The summed E-state index contributed by atoms with van der Waals surface area (Å²) in [4.78, 5) is 4.74. The molecule has 0 bridgehead atoms. The van der Waals surface area contributed by atoms with Gasteiger partial charge in [-0.15, -0.1) is 0 Å². The van der Waals surface area contributed by atoms with Crippen molar-refractivity contribution in [2.45, 2.75) is 70.6 Å². The number of aromatic nitrogens is 1. The van der Waals surface area contributed by atoms with E-state index in [1.165, 1.54) is 79.7 Å². The van der Waals surface area contributed by atoms with E-state index in [0.717, 1.165) is 11.6 Å². The molecule has 0 amide bonds. The standard InChI is InChI=1S/C27H31N/c1-20-7-3-4-8-24(20)26-25-10-9-22(19-23(25)13-18-28-26)21-11-16-27(17-12-21)14-5-2-6-15-27/h3-4,7-10,13,18-19,21H,2,5-6,11-12,14-17H2,1H3. The molecule has 2 aromatic carbocycles. The fourth-order valence-corrected chi connectivity index (χ4v) is 5.87. The van der Waals surface area contributed by atoms with Gasteiger partial charge in [0, 0.05) is 17.1 Å². The average molecular weight is 370 g/mol. The van der Waals surface area contributed by atoms with Crippen molar-refractivity contribution in [3.63, 3.8) is 0 Å². The van der Waals surface area contributed by atoms with E-state index in [9.17, 15) is 0 Å². The lowest BCUT2D eigenvalue weighted by Crippen LogP contribution is -2.29. The van der Waals surface area contributed by atoms with Gasteiger partial charge < -0.3 is 0 Å². The van der Waals surface area contributed by atoms with Crippen LogP contribution >= 0.6 is 0 Å². The van der Waals surface area contributed by atoms with Gasteiger partial charge >= 0.3 is 0 Å². The first-order valence-electron chi connectivity index (χ1n) is 11.2. The van der Waals surface area contributed by atoms with E-state index in [0.29, 0.717) is 5.41 Å². The molecule has 0 N–H and O–H groups in total. The summed E-state index contributed by atoms with van der Waals surface area (Å²) >= 11 is 0. The zero-order valence-electron chi connectivity index (χ0n) is 17.1. The Kier molecular flexibility index (Phi) is 4.70. The van der Waals surface area contributed by atoms with Crippen LogP contribution in [0.4, 0.5) is 0 Å². The van der Waals surface area contributed by atoms with E-state index >= 15 is 0 Å². The smallest absolute Gasteiger partial charge is 0.0782 e. The van der Waals surface area contributed by atoms with Gasteiger partial charge in [-0.25, -0.2) is 0 Å². The summed E-state index contributed by atoms with van der Waals surface area (Å²) in [6.07, 6.45) is 15.0. The van der Waals surface area contributed by atoms with E-state index in [-0.39, 0.29) is 0 Å². The highest BCUT2D eigenvalue weighted by atomic mass is 14.7. The third-order valence-electron chi connectivity index (χ3n) is 7.62. The Morgan fingerprint density at radius 3 is 2.43 bits per heavy atom. The maximum Gasteiger partial charge on any atom is 0.0782 e. The largest absolute Gasteiger partial charge is 0.256 e. The number of hydrogen-bond donors (Lipinski definition) is 0. The van der Waals surface area contributed by atoms with Gasteiger partial charge in [-0.05, 0) is 79.4 Å². The van der Waals surface area contributed by atoms with Crippen LogP contribution in [0.3, 0.4) is 0 Å². The van der Waals surface area contributed by atoms with Crippen molar-refractivity contribution in [2.75, 3.05) is 0 Å². The molecule has 5 rings (SSSR count). The Labute approximate surface area is 169 Å².